The van der Waals surface area contributed by atoms with Crippen molar-refractivity contribution in [3.63, 3.8) is 0 Å². The minimum Gasteiger partial charge on any atom is -0.377 e. The Morgan fingerprint density at radius 1 is 1.17 bits per heavy atom. The van der Waals surface area contributed by atoms with E-state index in [-0.39, 0.29) is 12.1 Å². The van der Waals surface area contributed by atoms with Crippen molar-refractivity contribution < 1.29 is 4.74 Å². The van der Waals surface area contributed by atoms with E-state index in [0.717, 1.165) is 19.4 Å². The molecule has 3 N–H and O–H groups in total. The van der Waals surface area contributed by atoms with Crippen molar-refractivity contribution in [2.24, 2.45) is 5.84 Å². The van der Waals surface area contributed by atoms with Crippen LogP contribution < -0.4 is 11.3 Å². The summed E-state index contributed by atoms with van der Waals surface area (Å²) in [4.78, 5) is 0. The van der Waals surface area contributed by atoms with E-state index >= 15 is 0 Å². The number of benzene rings is 1. The summed E-state index contributed by atoms with van der Waals surface area (Å²) >= 11 is 0. The van der Waals surface area contributed by atoms with E-state index in [9.17, 15) is 0 Å². The minimum atomic E-state index is 0.163. The van der Waals surface area contributed by atoms with Gasteiger partial charge in [-0.3, -0.25) is 11.3 Å². The molecule has 3 heteroatoms. The maximum absolute atomic E-state index is 5.73. The molecule has 0 aliphatic carbocycles. The number of rotatable bonds is 7. The van der Waals surface area contributed by atoms with Crippen molar-refractivity contribution in [1.82, 2.24) is 5.43 Å². The topological polar surface area (TPSA) is 47.3 Å². The normalized spacial score (nSPS) is 14.5. The molecule has 1 aromatic rings. The molecule has 1 aromatic carbocycles. The van der Waals surface area contributed by atoms with Crippen LogP contribution in [0.3, 0.4) is 0 Å². The van der Waals surface area contributed by atoms with Crippen molar-refractivity contribution in [2.75, 3.05) is 6.61 Å². The maximum Gasteiger partial charge on any atom is 0.0741 e. The van der Waals surface area contributed by atoms with Crippen molar-refractivity contribution in [3.8, 4) is 0 Å². The highest BCUT2D eigenvalue weighted by molar-refractivity contribution is 5.29. The molecule has 0 bridgehead atoms. The van der Waals surface area contributed by atoms with E-state index in [4.69, 9.17) is 10.6 Å². The number of nitrogens with two attached hydrogens (primary N) is 1. The highest BCUT2D eigenvalue weighted by atomic mass is 16.5. The average Bonchev–Trinajstić information content (AvgIpc) is 2.32. The fourth-order valence-corrected chi connectivity index (χ4v) is 2.47. The van der Waals surface area contributed by atoms with Gasteiger partial charge in [0.05, 0.1) is 12.1 Å². The standard InChI is InChI=1S/C15H26N2O/c1-5-15(18-6-2)14(17-16)10-13-8-11(3)7-12(4)9-13/h7-9,14-15,17H,5-6,10,16H2,1-4H3. The first-order valence-electron chi connectivity index (χ1n) is 6.75. The van der Waals surface area contributed by atoms with E-state index in [1.165, 1.54) is 16.7 Å². The van der Waals surface area contributed by atoms with Gasteiger partial charge in [-0.15, -0.1) is 0 Å². The molecule has 3 nitrogen and oxygen atoms in total. The summed E-state index contributed by atoms with van der Waals surface area (Å²) in [5, 5.41) is 0. The molecule has 1 rings (SSSR count). The van der Waals surface area contributed by atoms with Crippen LogP contribution in [0, 0.1) is 13.8 Å². The van der Waals surface area contributed by atoms with E-state index < -0.39 is 0 Å². The average molecular weight is 250 g/mol. The van der Waals surface area contributed by atoms with Crippen LogP contribution in [0.1, 0.15) is 37.0 Å². The summed E-state index contributed by atoms with van der Waals surface area (Å²) in [6.45, 7) is 9.13. The summed E-state index contributed by atoms with van der Waals surface area (Å²) in [5.74, 6) is 5.67. The smallest absolute Gasteiger partial charge is 0.0741 e. The van der Waals surface area contributed by atoms with Crippen LogP contribution in [0.4, 0.5) is 0 Å². The molecule has 0 fully saturated rings. The summed E-state index contributed by atoms with van der Waals surface area (Å²) in [6.07, 6.45) is 2.03. The third-order valence-electron chi connectivity index (χ3n) is 3.18. The van der Waals surface area contributed by atoms with Crippen molar-refractivity contribution in [2.45, 2.75) is 52.7 Å². The predicted molar refractivity (Wildman–Crippen MR) is 76.4 cm³/mol. The lowest BCUT2D eigenvalue weighted by Gasteiger charge is -2.25. The molecule has 2 unspecified atom stereocenters. The van der Waals surface area contributed by atoms with E-state index in [1.807, 2.05) is 6.92 Å². The third kappa shape index (κ3) is 4.41. The molecule has 0 amide bonds. The van der Waals surface area contributed by atoms with E-state index in [1.54, 1.807) is 0 Å². The number of hydrazine groups is 1. The van der Waals surface area contributed by atoms with Gasteiger partial charge in [-0.25, -0.2) is 0 Å². The quantitative estimate of drug-likeness (QED) is 0.577. The van der Waals surface area contributed by atoms with Gasteiger partial charge < -0.3 is 4.74 Å². The Morgan fingerprint density at radius 3 is 2.22 bits per heavy atom. The molecule has 102 valence electrons. The Kier molecular flexibility index (Phi) is 6.33. The largest absolute Gasteiger partial charge is 0.377 e. The molecule has 0 aromatic heterocycles. The molecule has 0 aliphatic heterocycles. The van der Waals surface area contributed by atoms with E-state index in [2.05, 4.69) is 44.4 Å². The zero-order valence-electron chi connectivity index (χ0n) is 12.0. The van der Waals surface area contributed by atoms with Crippen LogP contribution in [0.2, 0.25) is 0 Å². The minimum absolute atomic E-state index is 0.163. The van der Waals surface area contributed by atoms with Gasteiger partial charge in [-0.2, -0.15) is 0 Å². The van der Waals surface area contributed by atoms with Gasteiger partial charge in [0.1, 0.15) is 0 Å². The van der Waals surface area contributed by atoms with Crippen molar-refractivity contribution in [1.29, 1.82) is 0 Å². The summed E-state index contributed by atoms with van der Waals surface area (Å²) in [6, 6.07) is 6.79. The van der Waals surface area contributed by atoms with Gasteiger partial charge in [0, 0.05) is 6.61 Å². The molecule has 0 heterocycles. The zero-order chi connectivity index (χ0) is 13.5. The highest BCUT2D eigenvalue weighted by Gasteiger charge is 2.19. The van der Waals surface area contributed by atoms with Gasteiger partial charge in [0.2, 0.25) is 0 Å². The summed E-state index contributed by atoms with van der Waals surface area (Å²) in [7, 11) is 0. The number of hydrogen-bond donors (Lipinski definition) is 2. The van der Waals surface area contributed by atoms with Crippen molar-refractivity contribution in [3.05, 3.63) is 34.9 Å². The first kappa shape index (κ1) is 15.2. The summed E-state index contributed by atoms with van der Waals surface area (Å²) < 4.78 is 5.73. The SMILES string of the molecule is CCOC(CC)C(Cc1cc(C)cc(C)c1)NN. The van der Waals surface area contributed by atoms with Crippen LogP contribution in [0.5, 0.6) is 0 Å². The second-order valence-electron chi connectivity index (χ2n) is 4.88. The lowest BCUT2D eigenvalue weighted by Crippen LogP contribution is -2.46. The molecule has 0 aliphatic rings. The van der Waals surface area contributed by atoms with Gasteiger partial charge in [-0.05, 0) is 39.2 Å². The van der Waals surface area contributed by atoms with Crippen molar-refractivity contribution >= 4 is 0 Å². The van der Waals surface area contributed by atoms with E-state index in [0.29, 0.717) is 0 Å². The maximum atomic E-state index is 5.73. The number of aryl methyl sites for hydroxylation is 2. The van der Waals surface area contributed by atoms with Gasteiger partial charge >= 0.3 is 0 Å². The first-order valence-corrected chi connectivity index (χ1v) is 6.75. The van der Waals surface area contributed by atoms with Gasteiger partial charge in [0.25, 0.3) is 0 Å². The Bertz CT molecular complexity index is 345. The molecule has 0 radical (unpaired) electrons. The Morgan fingerprint density at radius 2 is 1.78 bits per heavy atom. The fraction of sp³-hybridized carbons (Fsp3) is 0.600. The first-order chi connectivity index (χ1) is 8.60. The zero-order valence-corrected chi connectivity index (χ0v) is 12.0. The molecule has 2 atom stereocenters. The Hall–Kier alpha value is -0.900. The lowest BCUT2D eigenvalue weighted by atomic mass is 9.97. The number of hydrogen-bond acceptors (Lipinski definition) is 3. The van der Waals surface area contributed by atoms with Crippen LogP contribution in [-0.4, -0.2) is 18.8 Å². The Balaban J connectivity index is 2.77. The Labute approximate surface area is 111 Å². The number of ether oxygens (including phenoxy) is 1. The molecule has 18 heavy (non-hydrogen) atoms. The number of nitrogens with one attached hydrogen (secondary N) is 1. The molecule has 0 spiro atoms. The van der Waals surface area contributed by atoms with Crippen LogP contribution >= 0.6 is 0 Å². The van der Waals surface area contributed by atoms with Crippen LogP contribution in [-0.2, 0) is 11.2 Å². The monoisotopic (exact) mass is 250 g/mol. The predicted octanol–water partition coefficient (Wildman–Crippen LogP) is 2.49. The van der Waals surface area contributed by atoms with Crippen LogP contribution in [0.15, 0.2) is 18.2 Å². The van der Waals surface area contributed by atoms with Gasteiger partial charge in [0.15, 0.2) is 0 Å². The molecular formula is C15H26N2O. The lowest BCUT2D eigenvalue weighted by molar-refractivity contribution is 0.0319. The molecule has 0 saturated carbocycles. The highest BCUT2D eigenvalue weighted by Crippen LogP contribution is 2.14. The molecule has 0 saturated heterocycles. The van der Waals surface area contributed by atoms with Gasteiger partial charge in [-0.1, -0.05) is 36.2 Å². The summed E-state index contributed by atoms with van der Waals surface area (Å²) in [5.41, 5.74) is 6.81. The second-order valence-corrected chi connectivity index (χ2v) is 4.88. The third-order valence-corrected chi connectivity index (χ3v) is 3.18. The molecular weight excluding hydrogens is 224 g/mol. The van der Waals surface area contributed by atoms with Crippen LogP contribution in [0.25, 0.3) is 0 Å². The second kappa shape index (κ2) is 7.52. The fourth-order valence-electron chi connectivity index (χ4n) is 2.47.